The Morgan fingerprint density at radius 3 is 2.94 bits per heavy atom. The molecule has 1 aromatic heterocycles. The normalized spacial score (nSPS) is 30.7. The lowest BCUT2D eigenvalue weighted by Gasteiger charge is -2.32. The highest BCUT2D eigenvalue weighted by molar-refractivity contribution is 7.09. The molecule has 0 saturated heterocycles. The molecule has 0 spiro atoms. The van der Waals surface area contributed by atoms with Crippen LogP contribution in [0.2, 0.25) is 0 Å². The molecule has 0 radical (unpaired) electrons. The first-order valence-corrected chi connectivity index (χ1v) is 7.29. The van der Waals surface area contributed by atoms with Crippen molar-refractivity contribution < 1.29 is 5.11 Å². The molecule has 1 saturated carbocycles. The zero-order valence-electron chi connectivity index (χ0n) is 10.6. The third kappa shape index (κ3) is 2.39. The number of aryl methyl sites for hydroxylation is 1. The number of rotatable bonds is 4. The SMILES string of the molecule is CCC1CCC(CN)(C(O)c2csc(C)n2)C1. The molecule has 0 aromatic carbocycles. The Kier molecular flexibility index (Phi) is 3.85. The van der Waals surface area contributed by atoms with Crippen LogP contribution in [-0.2, 0) is 0 Å². The van der Waals surface area contributed by atoms with Crippen LogP contribution in [0.1, 0.15) is 49.4 Å². The summed E-state index contributed by atoms with van der Waals surface area (Å²) in [5, 5.41) is 13.5. The molecule has 0 aliphatic heterocycles. The highest BCUT2D eigenvalue weighted by Gasteiger charge is 2.44. The number of nitrogens with two attached hydrogens (primary N) is 1. The molecule has 1 aliphatic carbocycles. The first kappa shape index (κ1) is 13.0. The minimum Gasteiger partial charge on any atom is -0.386 e. The van der Waals surface area contributed by atoms with Gasteiger partial charge in [-0.25, -0.2) is 4.98 Å². The molecule has 1 aliphatic rings. The number of hydrogen-bond donors (Lipinski definition) is 2. The summed E-state index contributed by atoms with van der Waals surface area (Å²) >= 11 is 1.60. The molecule has 3 atom stereocenters. The monoisotopic (exact) mass is 254 g/mol. The van der Waals surface area contributed by atoms with Crippen LogP contribution in [0.25, 0.3) is 0 Å². The number of aromatic nitrogens is 1. The van der Waals surface area contributed by atoms with Crippen molar-refractivity contribution in [1.82, 2.24) is 4.98 Å². The van der Waals surface area contributed by atoms with E-state index < -0.39 is 6.10 Å². The fraction of sp³-hybridized carbons (Fsp3) is 0.769. The van der Waals surface area contributed by atoms with Crippen LogP contribution in [0.15, 0.2) is 5.38 Å². The van der Waals surface area contributed by atoms with Crippen LogP contribution in [0.3, 0.4) is 0 Å². The van der Waals surface area contributed by atoms with Gasteiger partial charge in [0, 0.05) is 17.3 Å². The zero-order chi connectivity index (χ0) is 12.5. The third-order valence-electron chi connectivity index (χ3n) is 4.23. The van der Waals surface area contributed by atoms with Gasteiger partial charge in [-0.2, -0.15) is 0 Å². The number of thiazole rings is 1. The molecule has 96 valence electrons. The van der Waals surface area contributed by atoms with Crippen molar-refractivity contribution in [1.29, 1.82) is 0 Å². The topological polar surface area (TPSA) is 59.1 Å². The van der Waals surface area contributed by atoms with E-state index in [1.54, 1.807) is 11.3 Å². The van der Waals surface area contributed by atoms with Crippen LogP contribution < -0.4 is 5.73 Å². The lowest BCUT2D eigenvalue weighted by molar-refractivity contribution is 0.0272. The lowest BCUT2D eigenvalue weighted by atomic mass is 9.78. The summed E-state index contributed by atoms with van der Waals surface area (Å²) in [6.45, 7) is 4.75. The first-order valence-electron chi connectivity index (χ1n) is 6.41. The van der Waals surface area contributed by atoms with Crippen LogP contribution in [0.4, 0.5) is 0 Å². The summed E-state index contributed by atoms with van der Waals surface area (Å²) in [4.78, 5) is 4.41. The van der Waals surface area contributed by atoms with Gasteiger partial charge in [-0.3, -0.25) is 0 Å². The van der Waals surface area contributed by atoms with Gasteiger partial charge in [0.2, 0.25) is 0 Å². The quantitative estimate of drug-likeness (QED) is 0.868. The summed E-state index contributed by atoms with van der Waals surface area (Å²) in [5.41, 5.74) is 6.62. The van der Waals surface area contributed by atoms with Gasteiger partial charge in [-0.1, -0.05) is 13.3 Å². The summed E-state index contributed by atoms with van der Waals surface area (Å²) in [5.74, 6) is 0.716. The lowest BCUT2D eigenvalue weighted by Crippen LogP contribution is -2.34. The molecule has 3 N–H and O–H groups in total. The van der Waals surface area contributed by atoms with Crippen molar-refractivity contribution in [3.05, 3.63) is 16.1 Å². The number of aliphatic hydroxyl groups is 1. The standard InChI is InChI=1S/C13H22N2OS/c1-3-10-4-5-13(6-10,8-14)12(16)11-7-17-9(2)15-11/h7,10,12,16H,3-6,8,14H2,1-2H3. The van der Waals surface area contributed by atoms with Crippen LogP contribution >= 0.6 is 11.3 Å². The number of nitrogens with zero attached hydrogens (tertiary/aromatic N) is 1. The van der Waals surface area contributed by atoms with Crippen LogP contribution in [0.5, 0.6) is 0 Å². The summed E-state index contributed by atoms with van der Waals surface area (Å²) in [6.07, 6.45) is 3.95. The smallest absolute Gasteiger partial charge is 0.104 e. The van der Waals surface area contributed by atoms with E-state index in [-0.39, 0.29) is 5.41 Å². The Bertz CT molecular complexity index is 379. The molecule has 17 heavy (non-hydrogen) atoms. The van der Waals surface area contributed by atoms with Crippen molar-refractivity contribution in [2.75, 3.05) is 6.54 Å². The Morgan fingerprint density at radius 2 is 2.47 bits per heavy atom. The average Bonchev–Trinajstić information content (AvgIpc) is 2.95. The second kappa shape index (κ2) is 5.04. The van der Waals surface area contributed by atoms with Gasteiger partial charge >= 0.3 is 0 Å². The van der Waals surface area contributed by atoms with E-state index >= 15 is 0 Å². The van der Waals surface area contributed by atoms with E-state index in [2.05, 4.69) is 11.9 Å². The van der Waals surface area contributed by atoms with E-state index in [0.717, 1.165) is 23.5 Å². The van der Waals surface area contributed by atoms with E-state index in [4.69, 9.17) is 5.73 Å². The predicted molar refractivity (Wildman–Crippen MR) is 70.9 cm³/mol. The van der Waals surface area contributed by atoms with Crippen molar-refractivity contribution in [3.8, 4) is 0 Å². The van der Waals surface area contributed by atoms with Gasteiger partial charge in [0.05, 0.1) is 10.7 Å². The molecule has 1 aromatic rings. The van der Waals surface area contributed by atoms with Gasteiger partial charge < -0.3 is 10.8 Å². The molecule has 0 bridgehead atoms. The molecule has 1 fully saturated rings. The summed E-state index contributed by atoms with van der Waals surface area (Å²) in [6, 6.07) is 0. The molecule has 3 nitrogen and oxygen atoms in total. The van der Waals surface area contributed by atoms with Gasteiger partial charge in [0.15, 0.2) is 0 Å². The molecule has 0 amide bonds. The number of aliphatic hydroxyl groups excluding tert-OH is 1. The molecular formula is C13H22N2OS. The first-order chi connectivity index (χ1) is 8.11. The Hall–Kier alpha value is -0.450. The van der Waals surface area contributed by atoms with Gasteiger partial charge in [-0.15, -0.1) is 11.3 Å². The van der Waals surface area contributed by atoms with E-state index in [1.807, 2.05) is 12.3 Å². The highest BCUT2D eigenvalue weighted by Crippen LogP contribution is 2.50. The van der Waals surface area contributed by atoms with Crippen molar-refractivity contribution in [2.45, 2.75) is 45.6 Å². The maximum absolute atomic E-state index is 10.6. The van der Waals surface area contributed by atoms with Crippen molar-refractivity contribution in [2.24, 2.45) is 17.1 Å². The summed E-state index contributed by atoms with van der Waals surface area (Å²) < 4.78 is 0. The summed E-state index contributed by atoms with van der Waals surface area (Å²) in [7, 11) is 0. The highest BCUT2D eigenvalue weighted by atomic mass is 32.1. The maximum atomic E-state index is 10.6. The second-order valence-electron chi connectivity index (χ2n) is 5.28. The maximum Gasteiger partial charge on any atom is 0.104 e. The van der Waals surface area contributed by atoms with Gasteiger partial charge in [0.1, 0.15) is 6.10 Å². The Labute approximate surface area is 107 Å². The van der Waals surface area contributed by atoms with Crippen LogP contribution in [0, 0.1) is 18.3 Å². The minimum atomic E-state index is -0.492. The molecule has 1 heterocycles. The second-order valence-corrected chi connectivity index (χ2v) is 6.34. The Balaban J connectivity index is 2.18. The van der Waals surface area contributed by atoms with E-state index in [0.29, 0.717) is 12.5 Å². The van der Waals surface area contributed by atoms with E-state index in [1.165, 1.54) is 12.8 Å². The fourth-order valence-corrected chi connectivity index (χ4v) is 3.61. The number of hydrogen-bond acceptors (Lipinski definition) is 4. The largest absolute Gasteiger partial charge is 0.386 e. The Morgan fingerprint density at radius 1 is 1.71 bits per heavy atom. The van der Waals surface area contributed by atoms with Gasteiger partial charge in [-0.05, 0) is 32.1 Å². The minimum absolute atomic E-state index is 0.138. The van der Waals surface area contributed by atoms with Crippen LogP contribution in [-0.4, -0.2) is 16.6 Å². The fourth-order valence-electron chi connectivity index (χ4n) is 2.98. The molecule has 2 rings (SSSR count). The predicted octanol–water partition coefficient (Wildman–Crippen LogP) is 2.64. The molecular weight excluding hydrogens is 232 g/mol. The van der Waals surface area contributed by atoms with Gasteiger partial charge in [0.25, 0.3) is 0 Å². The third-order valence-corrected chi connectivity index (χ3v) is 5.02. The van der Waals surface area contributed by atoms with Crippen molar-refractivity contribution in [3.63, 3.8) is 0 Å². The zero-order valence-corrected chi connectivity index (χ0v) is 11.5. The molecule has 4 heteroatoms. The molecule has 3 unspecified atom stereocenters. The van der Waals surface area contributed by atoms with Crippen molar-refractivity contribution >= 4 is 11.3 Å². The van der Waals surface area contributed by atoms with E-state index in [9.17, 15) is 5.11 Å². The average molecular weight is 254 g/mol.